The van der Waals surface area contributed by atoms with Gasteiger partial charge < -0.3 is 4.42 Å². The van der Waals surface area contributed by atoms with Gasteiger partial charge in [-0.15, -0.1) is 0 Å². The summed E-state index contributed by atoms with van der Waals surface area (Å²) in [6.45, 7) is 0. The van der Waals surface area contributed by atoms with Crippen molar-refractivity contribution in [1.29, 1.82) is 0 Å². The molecule has 1 nitrogen and oxygen atoms in total. The van der Waals surface area contributed by atoms with Crippen LogP contribution in [0.25, 0.3) is 88.3 Å². The highest BCUT2D eigenvalue weighted by atomic mass is 16.3. The van der Waals surface area contributed by atoms with Crippen molar-refractivity contribution < 1.29 is 4.42 Å². The zero-order valence-electron chi connectivity index (χ0n) is 33.0. The van der Waals surface area contributed by atoms with Crippen LogP contribution in [-0.2, 0) is 0 Å². The molecule has 60 heavy (non-hydrogen) atoms. The molecule has 0 aliphatic heterocycles. The van der Waals surface area contributed by atoms with Gasteiger partial charge in [0, 0.05) is 22.1 Å². The summed E-state index contributed by atoms with van der Waals surface area (Å²) in [6, 6.07) is 85.7. The van der Waals surface area contributed by atoms with E-state index in [0.717, 1.165) is 27.3 Å². The summed E-state index contributed by atoms with van der Waals surface area (Å²) < 4.78 is 6.47. The second-order valence-electron chi connectivity index (χ2n) is 15.6. The Morgan fingerprint density at radius 3 is 1.17 bits per heavy atom. The van der Waals surface area contributed by atoms with Crippen LogP contribution in [0.2, 0.25) is 0 Å². The lowest BCUT2D eigenvalue weighted by molar-refractivity contribution is 0.672. The molecule has 1 heterocycles. The van der Waals surface area contributed by atoms with Crippen molar-refractivity contribution in [3.8, 4) is 55.6 Å². The van der Waals surface area contributed by atoms with E-state index < -0.39 is 0 Å². The minimum Gasteiger partial charge on any atom is -0.455 e. The predicted molar refractivity (Wildman–Crippen MR) is 252 cm³/mol. The minimum absolute atomic E-state index is 0.0127. The molecule has 1 aromatic heterocycles. The molecule has 0 fully saturated rings. The summed E-state index contributed by atoms with van der Waals surface area (Å²) >= 11 is 0. The molecule has 0 spiro atoms. The van der Waals surface area contributed by atoms with E-state index in [9.17, 15) is 0 Å². The number of para-hydroxylation sites is 1. The van der Waals surface area contributed by atoms with E-state index in [4.69, 9.17) is 4.42 Å². The number of furan rings is 1. The highest BCUT2D eigenvalue weighted by molar-refractivity contribution is 6.19. The smallest absolute Gasteiger partial charge is 0.143 e. The van der Waals surface area contributed by atoms with Crippen LogP contribution in [0.15, 0.2) is 241 Å². The average molecular weight is 765 g/mol. The first-order valence-corrected chi connectivity index (χ1v) is 20.7. The van der Waals surface area contributed by atoms with Gasteiger partial charge in [0.1, 0.15) is 11.2 Å². The van der Waals surface area contributed by atoms with E-state index in [0.29, 0.717) is 0 Å². The molecule has 10 aromatic carbocycles. The lowest BCUT2D eigenvalue weighted by atomic mass is 9.82. The lowest BCUT2D eigenvalue weighted by Gasteiger charge is -2.21. The van der Waals surface area contributed by atoms with Crippen molar-refractivity contribution in [2.75, 3.05) is 0 Å². The normalized spacial score (nSPS) is 11.5. The summed E-state index contributed by atoms with van der Waals surface area (Å²) in [5.41, 5.74) is 17.7. The number of hydrogen-bond acceptors (Lipinski definition) is 1. The van der Waals surface area contributed by atoms with Crippen molar-refractivity contribution in [2.24, 2.45) is 0 Å². The van der Waals surface area contributed by atoms with E-state index in [2.05, 4.69) is 231 Å². The van der Waals surface area contributed by atoms with Crippen LogP contribution in [0, 0.1) is 0 Å². The topological polar surface area (TPSA) is 13.1 Å². The first-order valence-electron chi connectivity index (χ1n) is 20.7. The summed E-state index contributed by atoms with van der Waals surface area (Å²) in [4.78, 5) is 0. The maximum atomic E-state index is 6.47. The predicted octanol–water partition coefficient (Wildman–Crippen LogP) is 16.3. The summed E-state index contributed by atoms with van der Waals surface area (Å²) in [6.07, 6.45) is 0. The van der Waals surface area contributed by atoms with Crippen LogP contribution in [0.4, 0.5) is 0 Å². The zero-order chi connectivity index (χ0) is 39.8. The van der Waals surface area contributed by atoms with Gasteiger partial charge in [0.25, 0.3) is 0 Å². The molecule has 11 rings (SSSR count). The van der Waals surface area contributed by atoms with E-state index >= 15 is 0 Å². The molecule has 0 unspecified atom stereocenters. The van der Waals surface area contributed by atoms with E-state index in [1.807, 2.05) is 6.07 Å². The Bertz CT molecular complexity index is 3120. The second kappa shape index (κ2) is 15.2. The number of fused-ring (bicyclic) bond motifs is 5. The summed E-state index contributed by atoms with van der Waals surface area (Å²) in [5.74, 6) is 0.0127. The Labute approximate surface area is 350 Å². The summed E-state index contributed by atoms with van der Waals surface area (Å²) in [7, 11) is 0. The highest BCUT2D eigenvalue weighted by Gasteiger charge is 2.20. The fourth-order valence-electron chi connectivity index (χ4n) is 8.96. The number of benzene rings is 10. The summed E-state index contributed by atoms with van der Waals surface area (Å²) in [5, 5.41) is 4.59. The highest BCUT2D eigenvalue weighted by Crippen LogP contribution is 2.42. The van der Waals surface area contributed by atoms with E-state index in [1.165, 1.54) is 77.7 Å². The van der Waals surface area contributed by atoms with Crippen LogP contribution in [0.5, 0.6) is 0 Å². The quantitative estimate of drug-likeness (QED) is 0.140. The molecule has 0 radical (unpaired) electrons. The molecular weight excluding hydrogens is 725 g/mol. The zero-order valence-corrected chi connectivity index (χ0v) is 33.0. The Kier molecular flexibility index (Phi) is 8.98. The SMILES string of the molecule is c1ccc(-c2ccc(-c3ccc(C(c4ccc(-c5ccc(-c6ccccc6)cc5)cc4)c4cccc(-c5cc6c7ccccc7oc6c6ccccc56)c4)cc3)cc2)cc1. The molecule has 0 N–H and O–H groups in total. The van der Waals surface area contributed by atoms with Crippen LogP contribution in [0.1, 0.15) is 22.6 Å². The van der Waals surface area contributed by atoms with Gasteiger partial charge in [-0.2, -0.15) is 0 Å². The third kappa shape index (κ3) is 6.57. The van der Waals surface area contributed by atoms with Gasteiger partial charge >= 0.3 is 0 Å². The lowest BCUT2D eigenvalue weighted by Crippen LogP contribution is -2.04. The minimum atomic E-state index is 0.0127. The van der Waals surface area contributed by atoms with Crippen molar-refractivity contribution in [3.63, 3.8) is 0 Å². The van der Waals surface area contributed by atoms with Crippen molar-refractivity contribution in [2.45, 2.75) is 5.92 Å². The molecule has 0 amide bonds. The molecule has 0 bridgehead atoms. The Balaban J connectivity index is 0.992. The van der Waals surface area contributed by atoms with Crippen molar-refractivity contribution >= 4 is 32.7 Å². The third-order valence-electron chi connectivity index (χ3n) is 12.1. The van der Waals surface area contributed by atoms with Crippen LogP contribution in [-0.4, -0.2) is 0 Å². The monoisotopic (exact) mass is 764 g/mol. The molecule has 11 aromatic rings. The number of hydrogen-bond donors (Lipinski definition) is 0. The van der Waals surface area contributed by atoms with Crippen LogP contribution >= 0.6 is 0 Å². The molecule has 282 valence electrons. The fourth-order valence-corrected chi connectivity index (χ4v) is 8.96. The van der Waals surface area contributed by atoms with E-state index in [-0.39, 0.29) is 5.92 Å². The van der Waals surface area contributed by atoms with Crippen molar-refractivity contribution in [1.82, 2.24) is 0 Å². The molecule has 0 saturated heterocycles. The largest absolute Gasteiger partial charge is 0.455 e. The van der Waals surface area contributed by atoms with Crippen molar-refractivity contribution in [3.05, 3.63) is 253 Å². The molecule has 0 aliphatic carbocycles. The first-order chi connectivity index (χ1) is 29.7. The second-order valence-corrected chi connectivity index (χ2v) is 15.6. The Morgan fingerprint density at radius 1 is 0.250 bits per heavy atom. The molecule has 0 aliphatic rings. The average Bonchev–Trinajstić information content (AvgIpc) is 3.72. The van der Waals surface area contributed by atoms with Crippen LogP contribution in [0.3, 0.4) is 0 Å². The van der Waals surface area contributed by atoms with Gasteiger partial charge in [0.05, 0.1) is 0 Å². The maximum Gasteiger partial charge on any atom is 0.143 e. The van der Waals surface area contributed by atoms with E-state index in [1.54, 1.807) is 0 Å². The maximum absolute atomic E-state index is 6.47. The number of rotatable bonds is 8. The first kappa shape index (κ1) is 35.4. The van der Waals surface area contributed by atoms with Gasteiger partial charge in [-0.05, 0) is 89.8 Å². The van der Waals surface area contributed by atoms with Crippen LogP contribution < -0.4 is 0 Å². The van der Waals surface area contributed by atoms with Gasteiger partial charge in [0.2, 0.25) is 0 Å². The standard InChI is InChI=1S/C59H40O/c1-3-12-40(13-4-1)42-22-26-44(27-23-42)46-30-34-48(35-31-46)58(49-36-32-47(33-37-49)45-28-24-43(25-29-45)41-14-5-2-6-15-41)51-17-11-16-50(38-51)55-39-56-53-19-9-10-21-57(53)60-59(56)54-20-8-7-18-52(54)55/h1-39,58H. The Hall–Kier alpha value is -7.74. The Morgan fingerprint density at radius 2 is 0.650 bits per heavy atom. The van der Waals surface area contributed by atoms with Gasteiger partial charge in [0.15, 0.2) is 0 Å². The van der Waals surface area contributed by atoms with Gasteiger partial charge in [-0.3, -0.25) is 0 Å². The molecule has 1 heteroatoms. The van der Waals surface area contributed by atoms with Gasteiger partial charge in [-0.1, -0.05) is 224 Å². The third-order valence-corrected chi connectivity index (χ3v) is 12.1. The van der Waals surface area contributed by atoms with Gasteiger partial charge in [-0.25, -0.2) is 0 Å². The molecule has 0 saturated carbocycles. The molecular formula is C59H40O. The fraction of sp³-hybridized carbons (Fsp3) is 0.0169. The molecule has 0 atom stereocenters.